The highest BCUT2D eigenvalue weighted by Gasteiger charge is 2.09. The number of nitrogens with two attached hydrogens (primary N) is 1. The first-order valence-corrected chi connectivity index (χ1v) is 7.17. The summed E-state index contributed by atoms with van der Waals surface area (Å²) < 4.78 is 1.29. The van der Waals surface area contributed by atoms with Crippen molar-refractivity contribution in [1.29, 1.82) is 0 Å². The average molecular weight is 269 g/mol. The van der Waals surface area contributed by atoms with E-state index in [1.165, 1.54) is 15.6 Å². The summed E-state index contributed by atoms with van der Waals surface area (Å²) in [6, 6.07) is 10.4. The molecule has 0 unspecified atom stereocenters. The first-order valence-electron chi connectivity index (χ1n) is 6.29. The Bertz CT molecular complexity index is 718. The van der Waals surface area contributed by atoms with Crippen molar-refractivity contribution in [2.24, 2.45) is 5.73 Å². The van der Waals surface area contributed by atoms with Gasteiger partial charge in [-0.1, -0.05) is 18.2 Å². The molecular weight excluding hydrogens is 254 g/mol. The second-order valence-electron chi connectivity index (χ2n) is 4.50. The molecule has 3 aromatic rings. The molecule has 0 bridgehead atoms. The van der Waals surface area contributed by atoms with Crippen molar-refractivity contribution >= 4 is 21.4 Å². The molecule has 0 spiro atoms. The number of thiophene rings is 1. The van der Waals surface area contributed by atoms with Crippen molar-refractivity contribution in [1.82, 2.24) is 9.97 Å². The summed E-state index contributed by atoms with van der Waals surface area (Å²) >= 11 is 1.75. The van der Waals surface area contributed by atoms with Crippen LogP contribution in [0.5, 0.6) is 0 Å². The Morgan fingerprint density at radius 3 is 2.89 bits per heavy atom. The number of nitrogens with zero attached hydrogens (tertiary/aromatic N) is 2. The fourth-order valence-electron chi connectivity index (χ4n) is 2.19. The van der Waals surface area contributed by atoms with Gasteiger partial charge in [-0.2, -0.15) is 0 Å². The summed E-state index contributed by atoms with van der Waals surface area (Å²) in [5, 5.41) is 3.42. The summed E-state index contributed by atoms with van der Waals surface area (Å²) in [6.45, 7) is 2.58. The molecule has 3 nitrogen and oxygen atoms in total. The largest absolute Gasteiger partial charge is 0.330 e. The zero-order valence-corrected chi connectivity index (χ0v) is 11.6. The van der Waals surface area contributed by atoms with Gasteiger partial charge in [0.1, 0.15) is 5.82 Å². The third-order valence-electron chi connectivity index (χ3n) is 3.03. The number of aromatic nitrogens is 2. The predicted octanol–water partition coefficient (Wildman–Crippen LogP) is 3.17. The van der Waals surface area contributed by atoms with Gasteiger partial charge in [-0.3, -0.25) is 0 Å². The molecule has 1 aromatic carbocycles. The van der Waals surface area contributed by atoms with E-state index in [-0.39, 0.29) is 0 Å². The quantitative estimate of drug-likeness (QED) is 0.794. The monoisotopic (exact) mass is 269 g/mol. The van der Waals surface area contributed by atoms with Crippen LogP contribution in [0.25, 0.3) is 21.3 Å². The standard InChI is InChI=1S/C15H15N3S/c1-10-8-13(18-15(17-10)6-7-16)12-9-19-14-5-3-2-4-11(12)14/h2-5,8-9H,6-7,16H2,1H3. The van der Waals surface area contributed by atoms with Crippen molar-refractivity contribution < 1.29 is 0 Å². The van der Waals surface area contributed by atoms with E-state index in [4.69, 9.17) is 5.73 Å². The molecule has 0 amide bonds. The number of rotatable bonds is 3. The van der Waals surface area contributed by atoms with Crippen LogP contribution in [0.2, 0.25) is 0 Å². The number of benzene rings is 1. The second-order valence-corrected chi connectivity index (χ2v) is 5.41. The molecule has 2 N–H and O–H groups in total. The number of fused-ring (bicyclic) bond motifs is 1. The van der Waals surface area contributed by atoms with E-state index in [9.17, 15) is 0 Å². The molecule has 0 aliphatic heterocycles. The van der Waals surface area contributed by atoms with Crippen LogP contribution in [0, 0.1) is 6.92 Å². The van der Waals surface area contributed by atoms with Crippen molar-refractivity contribution in [3.05, 3.63) is 47.2 Å². The summed E-state index contributed by atoms with van der Waals surface area (Å²) in [6.07, 6.45) is 0.719. The molecule has 4 heteroatoms. The highest BCUT2D eigenvalue weighted by Crippen LogP contribution is 2.32. The Balaban J connectivity index is 2.15. The molecule has 96 valence electrons. The van der Waals surface area contributed by atoms with Gasteiger partial charge < -0.3 is 5.73 Å². The summed E-state index contributed by atoms with van der Waals surface area (Å²) in [4.78, 5) is 9.06. The highest BCUT2D eigenvalue weighted by molar-refractivity contribution is 7.17. The number of hydrogen-bond donors (Lipinski definition) is 1. The Morgan fingerprint density at radius 2 is 2.05 bits per heavy atom. The Kier molecular flexibility index (Phi) is 3.27. The lowest BCUT2D eigenvalue weighted by atomic mass is 10.1. The van der Waals surface area contributed by atoms with Gasteiger partial charge in [-0.05, 0) is 25.6 Å². The maximum absolute atomic E-state index is 5.59. The van der Waals surface area contributed by atoms with Gasteiger partial charge in [-0.25, -0.2) is 9.97 Å². The van der Waals surface area contributed by atoms with Gasteiger partial charge in [0.2, 0.25) is 0 Å². The van der Waals surface area contributed by atoms with Crippen molar-refractivity contribution in [2.75, 3.05) is 6.54 Å². The fourth-order valence-corrected chi connectivity index (χ4v) is 3.14. The van der Waals surface area contributed by atoms with Crippen LogP contribution in [-0.4, -0.2) is 16.5 Å². The molecule has 19 heavy (non-hydrogen) atoms. The minimum atomic E-state index is 0.577. The first-order chi connectivity index (χ1) is 9.28. The van der Waals surface area contributed by atoms with E-state index < -0.39 is 0 Å². The molecule has 0 radical (unpaired) electrons. The van der Waals surface area contributed by atoms with Crippen molar-refractivity contribution in [2.45, 2.75) is 13.3 Å². The molecule has 2 heterocycles. The summed E-state index contributed by atoms with van der Waals surface area (Å²) in [7, 11) is 0. The third kappa shape index (κ3) is 2.37. The molecule has 3 rings (SSSR count). The van der Waals surface area contributed by atoms with E-state index in [2.05, 4.69) is 39.6 Å². The van der Waals surface area contributed by atoms with Gasteiger partial charge in [0.05, 0.1) is 5.69 Å². The SMILES string of the molecule is Cc1cc(-c2csc3ccccc23)nc(CCN)n1. The van der Waals surface area contributed by atoms with E-state index in [1.807, 2.05) is 13.0 Å². The molecule has 0 atom stereocenters. The molecule has 0 saturated heterocycles. The lowest BCUT2D eigenvalue weighted by Crippen LogP contribution is -2.07. The van der Waals surface area contributed by atoms with Crippen LogP contribution in [0.1, 0.15) is 11.5 Å². The van der Waals surface area contributed by atoms with Gasteiger partial charge >= 0.3 is 0 Å². The van der Waals surface area contributed by atoms with Gasteiger partial charge in [-0.15, -0.1) is 11.3 Å². The fraction of sp³-hybridized carbons (Fsp3) is 0.200. The van der Waals surface area contributed by atoms with Crippen LogP contribution in [0.15, 0.2) is 35.7 Å². The first kappa shape index (κ1) is 12.3. The van der Waals surface area contributed by atoms with E-state index in [0.29, 0.717) is 6.54 Å². The van der Waals surface area contributed by atoms with Crippen LogP contribution >= 0.6 is 11.3 Å². The summed E-state index contributed by atoms with van der Waals surface area (Å²) in [5.74, 6) is 0.827. The van der Waals surface area contributed by atoms with Crippen molar-refractivity contribution in [3.8, 4) is 11.3 Å². The summed E-state index contributed by atoms with van der Waals surface area (Å²) in [5.41, 5.74) is 8.76. The molecule has 0 aliphatic carbocycles. The van der Waals surface area contributed by atoms with Gasteiger partial charge in [0, 0.05) is 33.1 Å². The molecular formula is C15H15N3S. The van der Waals surface area contributed by atoms with Crippen LogP contribution in [0.4, 0.5) is 0 Å². The third-order valence-corrected chi connectivity index (χ3v) is 3.99. The van der Waals surface area contributed by atoms with Crippen LogP contribution in [-0.2, 0) is 6.42 Å². The zero-order chi connectivity index (χ0) is 13.2. The minimum absolute atomic E-state index is 0.577. The van der Waals surface area contributed by atoms with Crippen LogP contribution in [0.3, 0.4) is 0 Å². The topological polar surface area (TPSA) is 51.8 Å². The molecule has 2 aromatic heterocycles. The van der Waals surface area contributed by atoms with Gasteiger partial charge in [0.15, 0.2) is 0 Å². The van der Waals surface area contributed by atoms with E-state index in [0.717, 1.165) is 23.6 Å². The van der Waals surface area contributed by atoms with Crippen LogP contribution < -0.4 is 5.73 Å². The van der Waals surface area contributed by atoms with Crippen molar-refractivity contribution in [3.63, 3.8) is 0 Å². The maximum atomic E-state index is 5.59. The van der Waals surface area contributed by atoms with E-state index >= 15 is 0 Å². The Morgan fingerprint density at radius 1 is 1.21 bits per heavy atom. The smallest absolute Gasteiger partial charge is 0.130 e. The zero-order valence-electron chi connectivity index (χ0n) is 10.8. The molecule has 0 saturated carbocycles. The maximum Gasteiger partial charge on any atom is 0.130 e. The normalized spacial score (nSPS) is 11.1. The second kappa shape index (κ2) is 5.07. The number of aryl methyl sites for hydroxylation is 1. The lowest BCUT2D eigenvalue weighted by molar-refractivity contribution is 0.858. The predicted molar refractivity (Wildman–Crippen MR) is 80.3 cm³/mol. The number of hydrogen-bond acceptors (Lipinski definition) is 4. The minimum Gasteiger partial charge on any atom is -0.330 e. The molecule has 0 aliphatic rings. The molecule has 0 fully saturated rings. The Labute approximate surface area is 116 Å². The Hall–Kier alpha value is -1.78. The van der Waals surface area contributed by atoms with E-state index in [1.54, 1.807) is 11.3 Å². The van der Waals surface area contributed by atoms with Gasteiger partial charge in [0.25, 0.3) is 0 Å². The highest BCUT2D eigenvalue weighted by atomic mass is 32.1. The average Bonchev–Trinajstić information content (AvgIpc) is 2.82. The lowest BCUT2D eigenvalue weighted by Gasteiger charge is -2.04.